The standard InChI is InChI=1S/C36H27N5O2/c42-35-23-18-31(39-38-30-14-8-3-9-15-30)24-29(35)25-37-40-36(43)28-16-19-32(20-17-28)41-33(26-10-4-1-5-11-26)21-22-34(41)27-12-6-2-7-13-27/h1-25,42H,(H,40,43)/b37-25+,39-38?. The summed E-state index contributed by atoms with van der Waals surface area (Å²) in [6, 6.07) is 46.2. The number of hydrogen-bond donors (Lipinski definition) is 2. The van der Waals surface area contributed by atoms with Gasteiger partial charge in [0.1, 0.15) is 5.75 Å². The van der Waals surface area contributed by atoms with Gasteiger partial charge in [0.25, 0.3) is 5.91 Å². The molecule has 0 aliphatic heterocycles. The molecule has 7 nitrogen and oxygen atoms in total. The molecule has 5 aromatic carbocycles. The van der Waals surface area contributed by atoms with Crippen LogP contribution >= 0.6 is 0 Å². The van der Waals surface area contributed by atoms with Crippen molar-refractivity contribution in [2.45, 2.75) is 0 Å². The minimum Gasteiger partial charge on any atom is -0.507 e. The summed E-state index contributed by atoms with van der Waals surface area (Å²) in [5, 5.41) is 22.7. The van der Waals surface area contributed by atoms with Crippen molar-refractivity contribution in [3.05, 3.63) is 157 Å². The Morgan fingerprint density at radius 2 is 1.19 bits per heavy atom. The number of hydrazone groups is 1. The van der Waals surface area contributed by atoms with Gasteiger partial charge in [0, 0.05) is 16.8 Å². The molecule has 0 unspecified atom stereocenters. The van der Waals surface area contributed by atoms with E-state index in [4.69, 9.17) is 0 Å². The van der Waals surface area contributed by atoms with E-state index >= 15 is 0 Å². The molecule has 1 aromatic heterocycles. The van der Waals surface area contributed by atoms with Gasteiger partial charge in [-0.3, -0.25) is 4.79 Å². The number of nitrogens with zero attached hydrogens (tertiary/aromatic N) is 4. The first-order chi connectivity index (χ1) is 21.2. The topological polar surface area (TPSA) is 91.3 Å². The zero-order chi connectivity index (χ0) is 29.4. The summed E-state index contributed by atoms with van der Waals surface area (Å²) in [5.74, 6) is -0.363. The highest BCUT2D eigenvalue weighted by Gasteiger charge is 2.14. The average molecular weight is 562 g/mol. The van der Waals surface area contributed by atoms with E-state index in [-0.39, 0.29) is 11.7 Å². The van der Waals surface area contributed by atoms with E-state index in [1.165, 1.54) is 12.3 Å². The minimum atomic E-state index is -0.374. The molecular formula is C36H27N5O2. The highest BCUT2D eigenvalue weighted by molar-refractivity contribution is 5.95. The Balaban J connectivity index is 1.20. The van der Waals surface area contributed by atoms with E-state index < -0.39 is 0 Å². The number of benzene rings is 5. The summed E-state index contributed by atoms with van der Waals surface area (Å²) in [6.45, 7) is 0. The molecule has 1 amide bonds. The second-order valence-electron chi connectivity index (χ2n) is 9.70. The van der Waals surface area contributed by atoms with Gasteiger partial charge in [-0.05, 0) is 77.9 Å². The van der Waals surface area contributed by atoms with Crippen LogP contribution in [0.3, 0.4) is 0 Å². The van der Waals surface area contributed by atoms with Crippen molar-refractivity contribution in [1.29, 1.82) is 0 Å². The lowest BCUT2D eigenvalue weighted by atomic mass is 10.1. The molecule has 1 heterocycles. The maximum Gasteiger partial charge on any atom is 0.271 e. The number of azo groups is 1. The number of phenols is 1. The van der Waals surface area contributed by atoms with Crippen LogP contribution in [0, 0.1) is 0 Å². The lowest BCUT2D eigenvalue weighted by molar-refractivity contribution is 0.0955. The largest absolute Gasteiger partial charge is 0.507 e. The van der Waals surface area contributed by atoms with Crippen molar-refractivity contribution in [1.82, 2.24) is 9.99 Å². The highest BCUT2D eigenvalue weighted by atomic mass is 16.3. The molecule has 0 radical (unpaired) electrons. The number of amides is 1. The number of carbonyl (C=O) groups excluding carboxylic acids is 1. The molecule has 7 heteroatoms. The molecule has 6 aromatic rings. The van der Waals surface area contributed by atoms with Crippen LogP contribution in [0.4, 0.5) is 11.4 Å². The maximum absolute atomic E-state index is 12.9. The molecule has 0 saturated heterocycles. The Morgan fingerprint density at radius 1 is 0.628 bits per heavy atom. The molecule has 208 valence electrons. The van der Waals surface area contributed by atoms with Crippen LogP contribution in [0.15, 0.2) is 161 Å². The highest BCUT2D eigenvalue weighted by Crippen LogP contribution is 2.32. The zero-order valence-electron chi connectivity index (χ0n) is 23.1. The summed E-state index contributed by atoms with van der Waals surface area (Å²) in [6.07, 6.45) is 1.38. The quantitative estimate of drug-likeness (QED) is 0.111. The third kappa shape index (κ3) is 6.31. The Hall–Kier alpha value is -6.08. The van der Waals surface area contributed by atoms with Gasteiger partial charge in [0.05, 0.1) is 29.0 Å². The number of hydrogen-bond acceptors (Lipinski definition) is 5. The van der Waals surface area contributed by atoms with Gasteiger partial charge < -0.3 is 9.67 Å². The maximum atomic E-state index is 12.9. The predicted molar refractivity (Wildman–Crippen MR) is 170 cm³/mol. The number of aromatic nitrogens is 1. The summed E-state index contributed by atoms with van der Waals surface area (Å²) in [7, 11) is 0. The van der Waals surface area contributed by atoms with Gasteiger partial charge in [-0.1, -0.05) is 78.9 Å². The summed E-state index contributed by atoms with van der Waals surface area (Å²) < 4.78 is 2.19. The van der Waals surface area contributed by atoms with Gasteiger partial charge in [0.2, 0.25) is 0 Å². The second kappa shape index (κ2) is 12.6. The van der Waals surface area contributed by atoms with Crippen LogP contribution in [0.25, 0.3) is 28.2 Å². The average Bonchev–Trinajstić information content (AvgIpc) is 3.52. The Labute approximate surface area is 249 Å². The Bertz CT molecular complexity index is 1840. The fourth-order valence-corrected chi connectivity index (χ4v) is 4.69. The van der Waals surface area contributed by atoms with Crippen molar-refractivity contribution >= 4 is 23.5 Å². The molecule has 0 fully saturated rings. The van der Waals surface area contributed by atoms with Crippen molar-refractivity contribution in [2.75, 3.05) is 0 Å². The van der Waals surface area contributed by atoms with Gasteiger partial charge in [0.15, 0.2) is 0 Å². The molecule has 0 saturated carbocycles. The molecule has 0 spiro atoms. The van der Waals surface area contributed by atoms with Crippen molar-refractivity contribution < 1.29 is 9.90 Å². The second-order valence-corrected chi connectivity index (χ2v) is 9.70. The van der Waals surface area contributed by atoms with Crippen LogP contribution in [0.1, 0.15) is 15.9 Å². The van der Waals surface area contributed by atoms with Crippen LogP contribution in [0.2, 0.25) is 0 Å². The van der Waals surface area contributed by atoms with E-state index in [0.29, 0.717) is 22.5 Å². The fourth-order valence-electron chi connectivity index (χ4n) is 4.69. The monoisotopic (exact) mass is 561 g/mol. The molecule has 0 atom stereocenters. The smallest absolute Gasteiger partial charge is 0.271 e. The van der Waals surface area contributed by atoms with Gasteiger partial charge >= 0.3 is 0 Å². The molecule has 0 aliphatic carbocycles. The molecule has 0 bridgehead atoms. The Kier molecular flexibility index (Phi) is 7.95. The number of aromatic hydroxyl groups is 1. The fraction of sp³-hybridized carbons (Fsp3) is 0. The lowest BCUT2D eigenvalue weighted by Gasteiger charge is -2.15. The van der Waals surface area contributed by atoms with E-state index in [9.17, 15) is 9.90 Å². The van der Waals surface area contributed by atoms with Crippen LogP contribution in [-0.2, 0) is 0 Å². The normalized spacial score (nSPS) is 11.3. The first kappa shape index (κ1) is 27.1. The van der Waals surface area contributed by atoms with Crippen LogP contribution < -0.4 is 5.43 Å². The van der Waals surface area contributed by atoms with Crippen molar-refractivity contribution in [2.24, 2.45) is 15.3 Å². The minimum absolute atomic E-state index is 0.0103. The predicted octanol–water partition coefficient (Wildman–Crippen LogP) is 8.70. The van der Waals surface area contributed by atoms with E-state index in [1.54, 1.807) is 24.3 Å². The summed E-state index contributed by atoms with van der Waals surface area (Å²) in [4.78, 5) is 12.9. The Morgan fingerprint density at radius 3 is 1.79 bits per heavy atom. The number of carbonyl (C=O) groups is 1. The van der Waals surface area contributed by atoms with Crippen molar-refractivity contribution in [3.63, 3.8) is 0 Å². The summed E-state index contributed by atoms with van der Waals surface area (Å²) in [5.41, 5.74) is 9.85. The first-order valence-electron chi connectivity index (χ1n) is 13.7. The van der Waals surface area contributed by atoms with Crippen LogP contribution in [0.5, 0.6) is 5.75 Å². The first-order valence-corrected chi connectivity index (χ1v) is 13.7. The molecule has 2 N–H and O–H groups in total. The number of nitrogens with one attached hydrogen (secondary N) is 1. The van der Waals surface area contributed by atoms with Gasteiger partial charge in [-0.15, -0.1) is 0 Å². The van der Waals surface area contributed by atoms with E-state index in [2.05, 4.69) is 61.7 Å². The number of rotatable bonds is 8. The van der Waals surface area contributed by atoms with Crippen LogP contribution in [-0.4, -0.2) is 21.8 Å². The molecule has 0 aliphatic rings. The van der Waals surface area contributed by atoms with Gasteiger partial charge in [-0.25, -0.2) is 5.43 Å². The molecular weight excluding hydrogens is 534 g/mol. The van der Waals surface area contributed by atoms with Crippen molar-refractivity contribution in [3.8, 4) is 34.0 Å². The third-order valence-corrected chi connectivity index (χ3v) is 6.83. The number of phenolic OH excluding ortho intramolecular Hbond substituents is 1. The molecule has 6 rings (SSSR count). The van der Waals surface area contributed by atoms with E-state index in [1.807, 2.05) is 78.9 Å². The third-order valence-electron chi connectivity index (χ3n) is 6.83. The zero-order valence-corrected chi connectivity index (χ0v) is 23.1. The summed E-state index contributed by atoms with van der Waals surface area (Å²) >= 11 is 0. The van der Waals surface area contributed by atoms with E-state index in [0.717, 1.165) is 28.2 Å². The van der Waals surface area contributed by atoms with Gasteiger partial charge in [-0.2, -0.15) is 15.3 Å². The lowest BCUT2D eigenvalue weighted by Crippen LogP contribution is -2.17. The SMILES string of the molecule is O=C(N/N=C/c1cc(N=Nc2ccccc2)ccc1O)c1ccc(-n2c(-c3ccccc3)ccc2-c2ccccc2)cc1. The molecule has 43 heavy (non-hydrogen) atoms.